The number of hydrogen-bond acceptors (Lipinski definition) is 4. The van der Waals surface area contributed by atoms with Crippen molar-refractivity contribution in [3.05, 3.63) is 0 Å². The zero-order chi connectivity index (χ0) is 10.6. The molecule has 16 N–H and O–H groups in total. The molecule has 0 saturated heterocycles. The van der Waals surface area contributed by atoms with Crippen LogP contribution in [0.3, 0.4) is 0 Å². The summed E-state index contributed by atoms with van der Waals surface area (Å²) in [7, 11) is 0. The van der Waals surface area contributed by atoms with Gasteiger partial charge in [0.1, 0.15) is 0 Å². The Morgan fingerprint density at radius 3 is 1.00 bits per heavy atom. The second-order valence-electron chi connectivity index (χ2n) is 2.48. The van der Waals surface area contributed by atoms with Crippen molar-refractivity contribution in [2.45, 2.75) is 18.4 Å². The van der Waals surface area contributed by atoms with E-state index < -0.39 is 36.4 Å². The average Bonchev–Trinajstić information content (AvgIpc) is 1.82. The number of carboxylic acids is 3. The van der Waals surface area contributed by atoms with Crippen LogP contribution >= 0.6 is 0 Å². The fourth-order valence-electron chi connectivity index (χ4n) is 0.714. The predicted molar refractivity (Wildman–Crippen MR) is 58.8 cm³/mol. The van der Waals surface area contributed by atoms with Gasteiger partial charge < -0.3 is 53.3 Å². The van der Waals surface area contributed by atoms with E-state index in [0.717, 1.165) is 0 Å². The Labute approximate surface area is 105 Å². The summed E-state index contributed by atoms with van der Waals surface area (Å²) in [5.74, 6) is -5.02. The second kappa shape index (κ2) is 16.1. The van der Waals surface area contributed by atoms with Gasteiger partial charge in [0.25, 0.3) is 0 Å². The number of aliphatic carboxylic acids is 3. The van der Waals surface area contributed by atoms with Crippen molar-refractivity contribution in [1.29, 1.82) is 0 Å². The Morgan fingerprint density at radius 2 is 0.895 bits per heavy atom. The first-order valence-corrected chi connectivity index (χ1v) is 3.17. The van der Waals surface area contributed by atoms with Crippen LogP contribution in [0.1, 0.15) is 12.8 Å². The summed E-state index contributed by atoms with van der Waals surface area (Å²) in [6, 6.07) is 0. The molecule has 0 amide bonds. The molecule has 0 heterocycles. The Hall–Kier alpha value is -1.87. The number of carboxylic acid groups (broad SMARTS) is 3. The molecule has 0 radical (unpaired) electrons. The zero-order valence-corrected chi connectivity index (χ0v) is 9.43. The maximum absolute atomic E-state index is 10.3. The third kappa shape index (κ3) is 16.1. The molecule has 13 nitrogen and oxygen atoms in total. The highest BCUT2D eigenvalue weighted by Gasteiger charge is 2.40. The molecule has 0 bridgehead atoms. The van der Waals surface area contributed by atoms with E-state index in [1.165, 1.54) is 0 Å². The molecule has 0 aromatic carbocycles. The van der Waals surface area contributed by atoms with Crippen molar-refractivity contribution in [2.75, 3.05) is 0 Å². The smallest absolute Gasteiger partial charge is 0.336 e. The first kappa shape index (κ1) is 43.4. The molecule has 0 aromatic rings. The number of hydrogen-bond donors (Lipinski definition) is 4. The van der Waals surface area contributed by atoms with E-state index in [0.29, 0.717) is 0 Å². The molecular formula is C6H20O13. The lowest BCUT2D eigenvalue weighted by Crippen LogP contribution is -2.42. The molecule has 0 atom stereocenters. The van der Waals surface area contributed by atoms with Gasteiger partial charge in [-0.25, -0.2) is 4.79 Å². The Kier molecular flexibility index (Phi) is 36.9. The lowest BCUT2D eigenvalue weighted by molar-refractivity contribution is -0.170. The largest absolute Gasteiger partial charge is 0.481 e. The van der Waals surface area contributed by atoms with Gasteiger partial charge in [0.05, 0.1) is 12.8 Å². The minimum atomic E-state index is -2.74. The number of carbonyl (C=O) groups is 3. The fraction of sp³-hybridized carbons (Fsp3) is 0.500. The second-order valence-corrected chi connectivity index (χ2v) is 2.48. The first-order valence-electron chi connectivity index (χ1n) is 3.17. The van der Waals surface area contributed by atoms with Crippen molar-refractivity contribution in [1.82, 2.24) is 0 Å². The summed E-state index contributed by atoms with van der Waals surface area (Å²) in [6.45, 7) is 0. The third-order valence-corrected chi connectivity index (χ3v) is 1.29. The first-order chi connectivity index (χ1) is 5.78. The minimum Gasteiger partial charge on any atom is -0.481 e. The average molecular weight is 300 g/mol. The molecule has 0 aromatic heterocycles. The van der Waals surface area contributed by atoms with Crippen molar-refractivity contribution in [3.8, 4) is 0 Å². The van der Waals surface area contributed by atoms with E-state index in [-0.39, 0.29) is 32.9 Å². The molecule has 0 aliphatic carbocycles. The van der Waals surface area contributed by atoms with Crippen LogP contribution in [0, 0.1) is 0 Å². The van der Waals surface area contributed by atoms with Gasteiger partial charge in [-0.05, 0) is 0 Å². The Morgan fingerprint density at radius 1 is 0.684 bits per heavy atom. The van der Waals surface area contributed by atoms with Gasteiger partial charge in [-0.1, -0.05) is 0 Å². The predicted octanol–water partition coefficient (Wildman–Crippen LogP) is -6.20. The molecule has 13 heteroatoms. The van der Waals surface area contributed by atoms with Crippen molar-refractivity contribution in [2.24, 2.45) is 0 Å². The van der Waals surface area contributed by atoms with Crippen molar-refractivity contribution >= 4 is 17.9 Å². The quantitative estimate of drug-likeness (QED) is 0.379. The number of aliphatic hydroxyl groups is 1. The van der Waals surface area contributed by atoms with Crippen LogP contribution in [0.15, 0.2) is 0 Å². The standard InChI is InChI=1S/C6H8O7.6H2O/c7-3(8)1-6(13,5(11)12)2-4(9)10;;;;;;/h13H,1-2H2,(H,7,8)(H,9,10)(H,11,12);6*1H2. The summed E-state index contributed by atoms with van der Waals surface area (Å²) in [6.07, 6.45) is -2.29. The van der Waals surface area contributed by atoms with Crippen LogP contribution in [0.4, 0.5) is 0 Å². The van der Waals surface area contributed by atoms with E-state index in [4.69, 9.17) is 20.4 Å². The van der Waals surface area contributed by atoms with E-state index in [1.807, 2.05) is 0 Å². The van der Waals surface area contributed by atoms with Crippen molar-refractivity contribution < 1.29 is 67.7 Å². The highest BCUT2D eigenvalue weighted by atomic mass is 16.4. The Balaban J connectivity index is -0.0000000480. The molecule has 19 heavy (non-hydrogen) atoms. The molecule has 0 unspecified atom stereocenters. The highest BCUT2D eigenvalue weighted by Crippen LogP contribution is 2.15. The summed E-state index contributed by atoms with van der Waals surface area (Å²) in [5.41, 5.74) is -2.74. The molecule has 0 rings (SSSR count). The normalized spacial score (nSPS) is 7.42. The fourth-order valence-corrected chi connectivity index (χ4v) is 0.714. The molecular weight excluding hydrogens is 280 g/mol. The van der Waals surface area contributed by atoms with Crippen LogP contribution in [-0.2, 0) is 14.4 Å². The molecule has 0 fully saturated rings. The minimum absolute atomic E-state index is 0. The summed E-state index contributed by atoms with van der Waals surface area (Å²) in [5, 5.41) is 33.8. The van der Waals surface area contributed by atoms with Crippen LogP contribution in [0.5, 0.6) is 0 Å². The van der Waals surface area contributed by atoms with Crippen LogP contribution in [0.2, 0.25) is 0 Å². The monoisotopic (exact) mass is 300 g/mol. The van der Waals surface area contributed by atoms with E-state index in [1.54, 1.807) is 0 Å². The lowest BCUT2D eigenvalue weighted by atomic mass is 9.96. The molecule has 0 aliphatic rings. The molecule has 0 spiro atoms. The van der Waals surface area contributed by atoms with Crippen LogP contribution in [0.25, 0.3) is 0 Å². The van der Waals surface area contributed by atoms with E-state index >= 15 is 0 Å². The van der Waals surface area contributed by atoms with Crippen LogP contribution < -0.4 is 0 Å². The third-order valence-electron chi connectivity index (χ3n) is 1.29. The van der Waals surface area contributed by atoms with Crippen molar-refractivity contribution in [3.63, 3.8) is 0 Å². The topological polar surface area (TPSA) is 321 Å². The Bertz CT molecular complexity index is 232. The highest BCUT2D eigenvalue weighted by molar-refractivity contribution is 5.88. The SMILES string of the molecule is O.O.O.O.O.O.O=C(O)CC(O)(CC(=O)O)C(=O)O. The van der Waals surface area contributed by atoms with Crippen LogP contribution in [-0.4, -0.2) is 76.8 Å². The van der Waals surface area contributed by atoms with E-state index in [9.17, 15) is 14.4 Å². The van der Waals surface area contributed by atoms with Gasteiger partial charge in [-0.2, -0.15) is 0 Å². The summed E-state index contributed by atoms with van der Waals surface area (Å²) >= 11 is 0. The lowest BCUT2D eigenvalue weighted by Gasteiger charge is -2.18. The molecule has 0 aliphatic heterocycles. The van der Waals surface area contributed by atoms with Gasteiger partial charge in [0.15, 0.2) is 5.60 Å². The maximum Gasteiger partial charge on any atom is 0.336 e. The number of rotatable bonds is 5. The molecule has 122 valence electrons. The molecule has 0 saturated carbocycles. The van der Waals surface area contributed by atoms with Gasteiger partial charge in [-0.3, -0.25) is 9.59 Å². The zero-order valence-electron chi connectivity index (χ0n) is 9.43. The van der Waals surface area contributed by atoms with Gasteiger partial charge in [0.2, 0.25) is 0 Å². The summed E-state index contributed by atoms with van der Waals surface area (Å²) in [4.78, 5) is 30.5. The van der Waals surface area contributed by atoms with Gasteiger partial charge >= 0.3 is 17.9 Å². The van der Waals surface area contributed by atoms with Gasteiger partial charge in [-0.15, -0.1) is 0 Å². The summed E-state index contributed by atoms with van der Waals surface area (Å²) < 4.78 is 0. The van der Waals surface area contributed by atoms with Gasteiger partial charge in [0, 0.05) is 0 Å². The van der Waals surface area contributed by atoms with E-state index in [2.05, 4.69) is 0 Å². The maximum atomic E-state index is 10.3.